The van der Waals surface area contributed by atoms with Crippen LogP contribution in [0, 0.1) is 5.92 Å². The molecule has 0 aromatic heterocycles. The van der Waals surface area contributed by atoms with Crippen LogP contribution in [0.1, 0.15) is 51.4 Å². The summed E-state index contributed by atoms with van der Waals surface area (Å²) in [5.41, 5.74) is -0.127. The van der Waals surface area contributed by atoms with Crippen LogP contribution in [-0.4, -0.2) is 49.2 Å². The van der Waals surface area contributed by atoms with Gasteiger partial charge in [-0.1, -0.05) is 0 Å². The molecule has 1 amide bonds. The summed E-state index contributed by atoms with van der Waals surface area (Å²) >= 11 is 0. The van der Waals surface area contributed by atoms with Crippen LogP contribution in [0.25, 0.3) is 0 Å². The van der Waals surface area contributed by atoms with Crippen molar-refractivity contribution in [1.82, 2.24) is 10.2 Å². The van der Waals surface area contributed by atoms with Gasteiger partial charge in [-0.15, -0.1) is 0 Å². The van der Waals surface area contributed by atoms with Gasteiger partial charge in [-0.05, 0) is 57.4 Å². The number of rotatable bonds is 6. The molecule has 0 aromatic rings. The van der Waals surface area contributed by atoms with Crippen molar-refractivity contribution in [1.29, 1.82) is 0 Å². The van der Waals surface area contributed by atoms with Crippen molar-refractivity contribution in [2.24, 2.45) is 5.92 Å². The minimum absolute atomic E-state index is 0.127. The normalized spacial score (nSPS) is 26.4. The van der Waals surface area contributed by atoms with Crippen molar-refractivity contribution in [2.45, 2.75) is 63.0 Å². The standard InChI is InChI=1S/C16H28N2O2/c1-20-16(7-2-8-16)11-15(19)18-9-5-14(6-10-18)17-12-13-3-4-13/h13-14,17H,2-12H2,1H3. The molecular formula is C16H28N2O2. The quantitative estimate of drug-likeness (QED) is 0.808. The van der Waals surface area contributed by atoms with Crippen molar-refractivity contribution in [3.05, 3.63) is 0 Å². The molecule has 2 saturated carbocycles. The number of carbonyl (C=O) groups excluding carboxylic acids is 1. The molecule has 3 rings (SSSR count). The van der Waals surface area contributed by atoms with Gasteiger partial charge in [0.05, 0.1) is 12.0 Å². The molecular weight excluding hydrogens is 252 g/mol. The number of nitrogens with zero attached hydrogens (tertiary/aromatic N) is 1. The van der Waals surface area contributed by atoms with E-state index in [1.807, 2.05) is 4.90 Å². The Bertz CT molecular complexity index is 337. The molecule has 0 aromatic carbocycles. The topological polar surface area (TPSA) is 41.6 Å². The fraction of sp³-hybridized carbons (Fsp3) is 0.938. The van der Waals surface area contributed by atoms with E-state index < -0.39 is 0 Å². The molecule has 1 N–H and O–H groups in total. The van der Waals surface area contributed by atoms with Crippen LogP contribution < -0.4 is 5.32 Å². The van der Waals surface area contributed by atoms with Crippen LogP contribution in [0.2, 0.25) is 0 Å². The Morgan fingerprint density at radius 3 is 2.45 bits per heavy atom. The van der Waals surface area contributed by atoms with Crippen molar-refractivity contribution in [3.8, 4) is 0 Å². The van der Waals surface area contributed by atoms with Gasteiger partial charge >= 0.3 is 0 Å². The number of nitrogens with one attached hydrogen (secondary N) is 1. The summed E-state index contributed by atoms with van der Waals surface area (Å²) in [7, 11) is 1.75. The van der Waals surface area contributed by atoms with Crippen LogP contribution >= 0.6 is 0 Å². The number of carbonyl (C=O) groups is 1. The van der Waals surface area contributed by atoms with Gasteiger partial charge in [-0.3, -0.25) is 4.79 Å². The fourth-order valence-electron chi connectivity index (χ4n) is 3.40. The van der Waals surface area contributed by atoms with E-state index in [1.54, 1.807) is 7.11 Å². The minimum atomic E-state index is -0.127. The minimum Gasteiger partial charge on any atom is -0.378 e. The molecule has 3 fully saturated rings. The van der Waals surface area contributed by atoms with E-state index in [0.717, 1.165) is 44.7 Å². The van der Waals surface area contributed by atoms with Gasteiger partial charge < -0.3 is 15.0 Å². The molecule has 1 heterocycles. The summed E-state index contributed by atoms with van der Waals surface area (Å²) in [5.74, 6) is 1.24. The van der Waals surface area contributed by atoms with Gasteiger partial charge in [0, 0.05) is 26.2 Å². The lowest BCUT2D eigenvalue weighted by atomic mass is 9.77. The largest absolute Gasteiger partial charge is 0.378 e. The SMILES string of the molecule is COC1(CC(=O)N2CCC(NCC3CC3)CC2)CCC1. The van der Waals surface area contributed by atoms with Gasteiger partial charge in [0.1, 0.15) is 0 Å². The Hall–Kier alpha value is -0.610. The molecule has 4 heteroatoms. The second-order valence-electron chi connectivity index (χ2n) is 6.92. The molecule has 4 nitrogen and oxygen atoms in total. The summed E-state index contributed by atoms with van der Waals surface area (Å²) in [6.07, 6.45) is 8.92. The first-order valence-corrected chi connectivity index (χ1v) is 8.27. The lowest BCUT2D eigenvalue weighted by molar-refractivity contribution is -0.145. The molecule has 0 unspecified atom stereocenters. The van der Waals surface area contributed by atoms with E-state index in [2.05, 4.69) is 5.32 Å². The van der Waals surface area contributed by atoms with Gasteiger partial charge in [0.2, 0.25) is 5.91 Å². The lowest BCUT2D eigenvalue weighted by Crippen LogP contribution is -2.49. The Labute approximate surface area is 122 Å². The average molecular weight is 280 g/mol. The smallest absolute Gasteiger partial charge is 0.225 e. The van der Waals surface area contributed by atoms with E-state index in [1.165, 1.54) is 25.8 Å². The predicted octanol–water partition coefficient (Wildman–Crippen LogP) is 1.94. The molecule has 3 aliphatic rings. The summed E-state index contributed by atoms with van der Waals surface area (Å²) < 4.78 is 5.57. The van der Waals surface area contributed by atoms with Crippen LogP contribution in [0.3, 0.4) is 0 Å². The summed E-state index contributed by atoms with van der Waals surface area (Å²) in [6.45, 7) is 3.02. The third kappa shape index (κ3) is 3.34. The number of amides is 1. The Kier molecular flexibility index (Phi) is 4.32. The van der Waals surface area contributed by atoms with E-state index in [0.29, 0.717) is 18.4 Å². The Morgan fingerprint density at radius 2 is 1.95 bits per heavy atom. The maximum atomic E-state index is 12.4. The van der Waals surface area contributed by atoms with Crippen molar-refractivity contribution < 1.29 is 9.53 Å². The maximum absolute atomic E-state index is 12.4. The summed E-state index contributed by atoms with van der Waals surface area (Å²) in [4.78, 5) is 14.4. The number of methoxy groups -OCH3 is 1. The van der Waals surface area contributed by atoms with E-state index in [9.17, 15) is 4.79 Å². The zero-order chi connectivity index (χ0) is 14.0. The molecule has 0 spiro atoms. The molecule has 0 atom stereocenters. The highest BCUT2D eigenvalue weighted by atomic mass is 16.5. The zero-order valence-corrected chi connectivity index (χ0v) is 12.7. The van der Waals surface area contributed by atoms with Crippen molar-refractivity contribution in [2.75, 3.05) is 26.7 Å². The summed E-state index contributed by atoms with van der Waals surface area (Å²) in [5, 5.41) is 3.66. The van der Waals surface area contributed by atoms with Crippen LogP contribution in [0.15, 0.2) is 0 Å². The monoisotopic (exact) mass is 280 g/mol. The Morgan fingerprint density at radius 1 is 1.25 bits per heavy atom. The first-order chi connectivity index (χ1) is 9.71. The lowest BCUT2D eigenvalue weighted by Gasteiger charge is -2.42. The molecule has 1 saturated heterocycles. The van der Waals surface area contributed by atoms with Crippen LogP contribution in [-0.2, 0) is 9.53 Å². The van der Waals surface area contributed by atoms with E-state index >= 15 is 0 Å². The molecule has 114 valence electrons. The highest BCUT2D eigenvalue weighted by Crippen LogP contribution is 2.38. The molecule has 2 aliphatic carbocycles. The zero-order valence-electron chi connectivity index (χ0n) is 12.7. The molecule has 0 bridgehead atoms. The highest BCUT2D eigenvalue weighted by molar-refractivity contribution is 5.77. The van der Waals surface area contributed by atoms with Gasteiger partial charge in [-0.2, -0.15) is 0 Å². The van der Waals surface area contributed by atoms with E-state index in [-0.39, 0.29) is 5.60 Å². The number of hydrogen-bond donors (Lipinski definition) is 1. The molecule has 0 radical (unpaired) electrons. The van der Waals surface area contributed by atoms with E-state index in [4.69, 9.17) is 4.74 Å². The first-order valence-electron chi connectivity index (χ1n) is 8.27. The molecule has 1 aliphatic heterocycles. The summed E-state index contributed by atoms with van der Waals surface area (Å²) in [6, 6.07) is 0.625. The second-order valence-corrected chi connectivity index (χ2v) is 6.92. The Balaban J connectivity index is 1.39. The number of ether oxygens (including phenoxy) is 1. The predicted molar refractivity (Wildman–Crippen MR) is 78.5 cm³/mol. The second kappa shape index (κ2) is 6.02. The van der Waals surface area contributed by atoms with Crippen molar-refractivity contribution in [3.63, 3.8) is 0 Å². The number of piperidine rings is 1. The van der Waals surface area contributed by atoms with Crippen molar-refractivity contribution >= 4 is 5.91 Å². The fourth-order valence-corrected chi connectivity index (χ4v) is 3.40. The number of hydrogen-bond acceptors (Lipinski definition) is 3. The van der Waals surface area contributed by atoms with Gasteiger partial charge in [0.15, 0.2) is 0 Å². The van der Waals surface area contributed by atoms with Crippen LogP contribution in [0.5, 0.6) is 0 Å². The van der Waals surface area contributed by atoms with Gasteiger partial charge in [0.25, 0.3) is 0 Å². The third-order valence-corrected chi connectivity index (χ3v) is 5.41. The third-order valence-electron chi connectivity index (χ3n) is 5.41. The van der Waals surface area contributed by atoms with Gasteiger partial charge in [-0.25, -0.2) is 0 Å². The first kappa shape index (κ1) is 14.3. The maximum Gasteiger partial charge on any atom is 0.225 e. The van der Waals surface area contributed by atoms with Crippen LogP contribution in [0.4, 0.5) is 0 Å². The average Bonchev–Trinajstić information content (AvgIpc) is 3.25. The highest BCUT2D eigenvalue weighted by Gasteiger charge is 2.40. The molecule has 20 heavy (non-hydrogen) atoms. The number of likely N-dealkylation sites (tertiary alicyclic amines) is 1.